The van der Waals surface area contributed by atoms with Crippen molar-refractivity contribution in [2.24, 2.45) is 13.0 Å². The van der Waals surface area contributed by atoms with E-state index in [0.717, 1.165) is 47.8 Å². The molecule has 37 heavy (non-hydrogen) atoms. The number of fused-ring (bicyclic) bond motifs is 1. The number of amides is 2. The molecule has 0 spiro atoms. The summed E-state index contributed by atoms with van der Waals surface area (Å²) >= 11 is 0. The minimum Gasteiger partial charge on any atom is -0.354 e. The van der Waals surface area contributed by atoms with Gasteiger partial charge in [0.15, 0.2) is 0 Å². The van der Waals surface area contributed by atoms with Gasteiger partial charge in [-0.15, -0.1) is 0 Å². The molecule has 8 heteroatoms. The Morgan fingerprint density at radius 3 is 2.73 bits per heavy atom. The first kappa shape index (κ1) is 25.3. The first-order valence-electron chi connectivity index (χ1n) is 13.5. The van der Waals surface area contributed by atoms with Gasteiger partial charge in [-0.1, -0.05) is 25.1 Å². The number of carbonyl (C=O) groups excluding carboxylic acids is 2. The third kappa shape index (κ3) is 5.49. The Bertz CT molecular complexity index is 1340. The molecule has 1 aliphatic carbocycles. The Hall–Kier alpha value is -3.39. The van der Waals surface area contributed by atoms with Gasteiger partial charge in [0.1, 0.15) is 0 Å². The van der Waals surface area contributed by atoms with Gasteiger partial charge in [-0.3, -0.25) is 14.4 Å². The van der Waals surface area contributed by atoms with Crippen LogP contribution in [-0.2, 0) is 29.7 Å². The Morgan fingerprint density at radius 2 is 1.97 bits per heavy atom. The molecule has 0 bridgehead atoms. The molecule has 1 saturated carbocycles. The summed E-state index contributed by atoms with van der Waals surface area (Å²) in [5.74, 6) is 0.0630. The van der Waals surface area contributed by atoms with Crippen molar-refractivity contribution in [2.45, 2.75) is 57.7 Å². The van der Waals surface area contributed by atoms with Crippen molar-refractivity contribution in [3.05, 3.63) is 70.3 Å². The number of benzene rings is 1. The summed E-state index contributed by atoms with van der Waals surface area (Å²) in [6.45, 7) is 5.14. The fourth-order valence-corrected chi connectivity index (χ4v) is 5.56. The van der Waals surface area contributed by atoms with E-state index >= 15 is 0 Å². The second-order valence-corrected chi connectivity index (χ2v) is 10.4. The third-order valence-electron chi connectivity index (χ3n) is 7.83. The maximum absolute atomic E-state index is 14.1. The van der Waals surface area contributed by atoms with Crippen LogP contribution in [0.15, 0.2) is 53.6 Å². The number of carbonyl (C=O) groups is 2. The molecule has 196 valence electrons. The highest BCUT2D eigenvalue weighted by atomic mass is 16.2. The van der Waals surface area contributed by atoms with Gasteiger partial charge in [-0.2, -0.15) is 0 Å². The summed E-state index contributed by atoms with van der Waals surface area (Å²) in [4.78, 5) is 40.2. The molecule has 8 nitrogen and oxygen atoms in total. The molecule has 2 N–H and O–H groups in total. The molecule has 5 rings (SSSR count). The van der Waals surface area contributed by atoms with E-state index in [1.807, 2.05) is 25.1 Å². The second-order valence-electron chi connectivity index (χ2n) is 10.4. The summed E-state index contributed by atoms with van der Waals surface area (Å²) in [5.41, 5.74) is 3.17. The van der Waals surface area contributed by atoms with Gasteiger partial charge >= 0.3 is 0 Å². The number of piperidine rings is 1. The number of nitrogens with zero attached hydrogens (tertiary/aromatic N) is 3. The van der Waals surface area contributed by atoms with E-state index in [0.29, 0.717) is 32.6 Å². The summed E-state index contributed by atoms with van der Waals surface area (Å²) in [6.07, 6.45) is 7.32. The molecule has 2 fully saturated rings. The summed E-state index contributed by atoms with van der Waals surface area (Å²) in [5, 5.41) is 7.52. The molecule has 1 saturated heterocycles. The smallest absolute Gasteiger partial charge is 0.250 e. The van der Waals surface area contributed by atoms with Gasteiger partial charge < -0.3 is 24.7 Å². The summed E-state index contributed by atoms with van der Waals surface area (Å²) in [7, 11) is 1.75. The van der Waals surface area contributed by atoms with Crippen LogP contribution >= 0.6 is 0 Å². The average molecular weight is 504 g/mol. The van der Waals surface area contributed by atoms with Crippen LogP contribution in [0.3, 0.4) is 0 Å². The lowest BCUT2D eigenvalue weighted by Crippen LogP contribution is -2.47. The highest BCUT2D eigenvalue weighted by Crippen LogP contribution is 2.36. The molecular weight excluding hydrogens is 466 g/mol. The topological polar surface area (TPSA) is 88.4 Å². The van der Waals surface area contributed by atoms with Gasteiger partial charge in [-0.25, -0.2) is 0 Å². The van der Waals surface area contributed by atoms with Crippen LogP contribution in [0.1, 0.15) is 49.7 Å². The van der Waals surface area contributed by atoms with Crippen molar-refractivity contribution in [3.8, 4) is 0 Å². The Labute approximate surface area is 217 Å². The number of aromatic nitrogens is 2. The van der Waals surface area contributed by atoms with E-state index in [9.17, 15) is 14.4 Å². The maximum Gasteiger partial charge on any atom is 0.250 e. The minimum atomic E-state index is -0.195. The van der Waals surface area contributed by atoms with E-state index in [1.54, 1.807) is 23.9 Å². The Balaban J connectivity index is 1.39. The van der Waals surface area contributed by atoms with E-state index in [4.69, 9.17) is 0 Å². The van der Waals surface area contributed by atoms with Crippen LogP contribution in [0, 0.1) is 5.92 Å². The quantitative estimate of drug-likeness (QED) is 0.470. The molecule has 2 aromatic heterocycles. The van der Waals surface area contributed by atoms with Gasteiger partial charge in [0, 0.05) is 75.1 Å². The molecular formula is C29H37N5O3. The molecule has 1 unspecified atom stereocenters. The zero-order valence-electron chi connectivity index (χ0n) is 21.8. The lowest BCUT2D eigenvalue weighted by Gasteiger charge is -2.35. The van der Waals surface area contributed by atoms with Crippen LogP contribution in [0.5, 0.6) is 0 Å². The van der Waals surface area contributed by atoms with Gasteiger partial charge in [0.2, 0.25) is 11.8 Å². The lowest BCUT2D eigenvalue weighted by molar-refractivity contribution is -0.138. The third-order valence-corrected chi connectivity index (χ3v) is 7.83. The molecule has 3 aromatic rings. The molecule has 3 heterocycles. The number of hydrogen-bond acceptors (Lipinski definition) is 4. The number of para-hydroxylation sites is 1. The monoisotopic (exact) mass is 503 g/mol. The van der Waals surface area contributed by atoms with E-state index < -0.39 is 0 Å². The van der Waals surface area contributed by atoms with Crippen molar-refractivity contribution in [2.75, 3.05) is 19.6 Å². The molecule has 2 atom stereocenters. The van der Waals surface area contributed by atoms with E-state index in [2.05, 4.69) is 38.4 Å². The molecule has 2 amide bonds. The highest BCUT2D eigenvalue weighted by molar-refractivity contribution is 5.86. The Morgan fingerprint density at radius 1 is 1.16 bits per heavy atom. The summed E-state index contributed by atoms with van der Waals surface area (Å²) < 4.78 is 3.75. The fraction of sp³-hybridized carbons (Fsp3) is 0.483. The zero-order chi connectivity index (χ0) is 25.9. The fourth-order valence-electron chi connectivity index (χ4n) is 5.56. The van der Waals surface area contributed by atoms with Crippen LogP contribution in [-0.4, -0.2) is 51.5 Å². The predicted octanol–water partition coefficient (Wildman–Crippen LogP) is 2.75. The normalized spacial score (nSPS) is 19.6. The maximum atomic E-state index is 14.1. The Kier molecular flexibility index (Phi) is 7.46. The van der Waals surface area contributed by atoms with Crippen LogP contribution in [0.25, 0.3) is 10.9 Å². The van der Waals surface area contributed by atoms with Crippen LogP contribution < -0.4 is 16.2 Å². The molecule has 2 aliphatic rings. The SMILES string of the molecule is CCC(=O)NCCn1cc(CN(C(=O)[C@H]2CNCCC2c2ccn(C)c(=O)c2)C2CC2)c2ccccc21. The standard InChI is InChI=1S/C29H37N5O3/c1-3-27(35)31-13-15-33-18-21(24-6-4-5-7-26(24)33)19-34(22-8-9-22)29(37)25-17-30-12-10-23(25)20-11-14-32(2)28(36)16-20/h4-7,11,14,16,18,22-23,25,30H,3,8-10,12-13,15,17,19H2,1-2H3,(H,31,35)/t23?,25-/m0/s1. The number of pyridine rings is 1. The van der Waals surface area contributed by atoms with Crippen molar-refractivity contribution in [1.29, 1.82) is 0 Å². The number of aryl methyl sites for hydroxylation is 1. The second kappa shape index (κ2) is 10.9. The first-order valence-corrected chi connectivity index (χ1v) is 13.5. The molecule has 0 radical (unpaired) electrons. The zero-order valence-corrected chi connectivity index (χ0v) is 21.8. The van der Waals surface area contributed by atoms with Gasteiger partial charge in [0.25, 0.3) is 5.56 Å². The van der Waals surface area contributed by atoms with Crippen molar-refractivity contribution in [3.63, 3.8) is 0 Å². The van der Waals surface area contributed by atoms with Crippen molar-refractivity contribution >= 4 is 22.7 Å². The lowest BCUT2D eigenvalue weighted by atomic mass is 9.80. The number of nitrogens with one attached hydrogen (secondary N) is 2. The number of hydrogen-bond donors (Lipinski definition) is 2. The van der Waals surface area contributed by atoms with Crippen LogP contribution in [0.4, 0.5) is 0 Å². The van der Waals surface area contributed by atoms with E-state index in [1.165, 1.54) is 0 Å². The first-order chi connectivity index (χ1) is 18.0. The largest absolute Gasteiger partial charge is 0.354 e. The summed E-state index contributed by atoms with van der Waals surface area (Å²) in [6, 6.07) is 12.2. The van der Waals surface area contributed by atoms with Crippen molar-refractivity contribution in [1.82, 2.24) is 24.7 Å². The minimum absolute atomic E-state index is 0.0346. The number of rotatable bonds is 9. The van der Waals surface area contributed by atoms with Gasteiger partial charge in [0.05, 0.1) is 5.92 Å². The van der Waals surface area contributed by atoms with Crippen LogP contribution in [0.2, 0.25) is 0 Å². The average Bonchev–Trinajstić information content (AvgIpc) is 3.71. The molecule has 1 aromatic carbocycles. The highest BCUT2D eigenvalue weighted by Gasteiger charge is 2.40. The van der Waals surface area contributed by atoms with Gasteiger partial charge in [-0.05, 0) is 55.0 Å². The van der Waals surface area contributed by atoms with E-state index in [-0.39, 0.29) is 35.3 Å². The molecule has 1 aliphatic heterocycles. The predicted molar refractivity (Wildman–Crippen MR) is 144 cm³/mol. The van der Waals surface area contributed by atoms with Crippen molar-refractivity contribution < 1.29 is 9.59 Å².